The van der Waals surface area contributed by atoms with E-state index < -0.39 is 0 Å². The molecule has 16 heavy (non-hydrogen) atoms. The molecule has 0 heterocycles. The fourth-order valence-electron chi connectivity index (χ4n) is 1.96. The molecule has 0 aromatic rings. The van der Waals surface area contributed by atoms with E-state index in [-0.39, 0.29) is 0 Å². The second-order valence-electron chi connectivity index (χ2n) is 5.73. The minimum atomic E-state index is 0.643. The van der Waals surface area contributed by atoms with Crippen LogP contribution in [0, 0.1) is 11.8 Å². The van der Waals surface area contributed by atoms with Crippen LogP contribution in [0.3, 0.4) is 0 Å². The summed E-state index contributed by atoms with van der Waals surface area (Å²) < 4.78 is 0. The van der Waals surface area contributed by atoms with Crippen LogP contribution in [0.1, 0.15) is 47.0 Å². The number of hydrogen-bond acceptors (Lipinski definition) is 2. The molecule has 2 heteroatoms. The van der Waals surface area contributed by atoms with Crippen molar-refractivity contribution in [1.29, 1.82) is 0 Å². The third kappa shape index (κ3) is 5.86. The number of nitrogens with one attached hydrogen (secondary N) is 1. The van der Waals surface area contributed by atoms with Gasteiger partial charge in [-0.15, -0.1) is 0 Å². The molecule has 0 amide bonds. The highest BCUT2D eigenvalue weighted by molar-refractivity contribution is 4.77. The van der Waals surface area contributed by atoms with Crippen LogP contribution >= 0.6 is 0 Å². The molecule has 0 saturated heterocycles. The molecule has 0 radical (unpaired) electrons. The highest BCUT2D eigenvalue weighted by atomic mass is 15.1. The molecule has 0 spiro atoms. The summed E-state index contributed by atoms with van der Waals surface area (Å²) in [5, 5.41) is 3.62. The van der Waals surface area contributed by atoms with Crippen molar-refractivity contribution in [3.8, 4) is 0 Å². The van der Waals surface area contributed by atoms with Crippen molar-refractivity contribution in [3.05, 3.63) is 0 Å². The van der Waals surface area contributed by atoms with Gasteiger partial charge in [0.2, 0.25) is 0 Å². The normalized spacial score (nSPS) is 18.4. The second-order valence-corrected chi connectivity index (χ2v) is 5.73. The van der Waals surface area contributed by atoms with Crippen LogP contribution in [0.25, 0.3) is 0 Å². The Balaban J connectivity index is 2.10. The Morgan fingerprint density at radius 3 is 2.38 bits per heavy atom. The first-order chi connectivity index (χ1) is 7.63. The first kappa shape index (κ1) is 14.0. The van der Waals surface area contributed by atoms with Gasteiger partial charge in [-0.2, -0.15) is 0 Å². The zero-order chi connectivity index (χ0) is 12.0. The van der Waals surface area contributed by atoms with E-state index in [9.17, 15) is 0 Å². The lowest BCUT2D eigenvalue weighted by atomic mass is 10.1. The molecular formula is C14H30N2. The molecule has 0 bridgehead atoms. The monoisotopic (exact) mass is 226 g/mol. The van der Waals surface area contributed by atoms with Crippen LogP contribution in [0.4, 0.5) is 0 Å². The van der Waals surface area contributed by atoms with Gasteiger partial charge in [-0.25, -0.2) is 0 Å². The van der Waals surface area contributed by atoms with E-state index in [0.29, 0.717) is 6.04 Å². The Morgan fingerprint density at radius 1 is 1.19 bits per heavy atom. The lowest BCUT2D eigenvalue weighted by Gasteiger charge is -2.24. The average molecular weight is 226 g/mol. The lowest BCUT2D eigenvalue weighted by molar-refractivity contribution is 0.255. The van der Waals surface area contributed by atoms with Crippen LogP contribution in [0.5, 0.6) is 0 Å². The van der Waals surface area contributed by atoms with E-state index in [1.54, 1.807) is 0 Å². The summed E-state index contributed by atoms with van der Waals surface area (Å²) in [5.41, 5.74) is 0. The van der Waals surface area contributed by atoms with Gasteiger partial charge in [-0.3, -0.25) is 0 Å². The van der Waals surface area contributed by atoms with Crippen LogP contribution < -0.4 is 5.32 Å². The maximum absolute atomic E-state index is 3.62. The molecule has 1 N–H and O–H groups in total. The first-order valence-electron chi connectivity index (χ1n) is 7.09. The average Bonchev–Trinajstić information content (AvgIpc) is 3.01. The predicted molar refractivity (Wildman–Crippen MR) is 71.8 cm³/mol. The summed E-state index contributed by atoms with van der Waals surface area (Å²) in [6.45, 7) is 14.1. The van der Waals surface area contributed by atoms with Crippen molar-refractivity contribution in [1.82, 2.24) is 10.2 Å². The Hall–Kier alpha value is -0.0800. The molecule has 1 aliphatic rings. The smallest absolute Gasteiger partial charge is 0.0107 e. The van der Waals surface area contributed by atoms with Gasteiger partial charge >= 0.3 is 0 Å². The van der Waals surface area contributed by atoms with E-state index in [1.807, 2.05) is 0 Å². The molecular weight excluding hydrogens is 196 g/mol. The zero-order valence-corrected chi connectivity index (χ0v) is 11.6. The minimum Gasteiger partial charge on any atom is -0.313 e. The summed E-state index contributed by atoms with van der Waals surface area (Å²) in [6.07, 6.45) is 4.22. The summed E-state index contributed by atoms with van der Waals surface area (Å²) in [5.74, 6) is 1.76. The summed E-state index contributed by atoms with van der Waals surface area (Å²) >= 11 is 0. The number of hydrogen-bond donors (Lipinski definition) is 1. The van der Waals surface area contributed by atoms with Gasteiger partial charge < -0.3 is 10.2 Å². The molecule has 0 aliphatic heterocycles. The summed E-state index contributed by atoms with van der Waals surface area (Å²) in [6, 6.07) is 0.643. The standard InChI is InChI=1S/C14H30N2/c1-5-9-16(11-14-6-7-14)10-8-15-13(4)12(2)3/h12-15H,5-11H2,1-4H3. The van der Waals surface area contributed by atoms with Gasteiger partial charge in [-0.1, -0.05) is 20.8 Å². The molecule has 1 unspecified atom stereocenters. The Morgan fingerprint density at radius 2 is 1.88 bits per heavy atom. The SMILES string of the molecule is CCCN(CCNC(C)C(C)C)CC1CC1. The molecule has 0 aromatic heterocycles. The maximum atomic E-state index is 3.62. The highest BCUT2D eigenvalue weighted by Gasteiger charge is 2.23. The van der Waals surface area contributed by atoms with Crippen molar-refractivity contribution >= 4 is 0 Å². The molecule has 1 aliphatic carbocycles. The fraction of sp³-hybridized carbons (Fsp3) is 1.00. The quantitative estimate of drug-likeness (QED) is 0.650. The van der Waals surface area contributed by atoms with Crippen molar-refractivity contribution in [2.45, 2.75) is 53.0 Å². The topological polar surface area (TPSA) is 15.3 Å². The predicted octanol–water partition coefficient (Wildman–Crippen LogP) is 2.74. The van der Waals surface area contributed by atoms with Crippen molar-refractivity contribution in [2.75, 3.05) is 26.2 Å². The highest BCUT2D eigenvalue weighted by Crippen LogP contribution is 2.29. The Labute approximate surface area is 102 Å². The van der Waals surface area contributed by atoms with Crippen LogP contribution in [0.15, 0.2) is 0 Å². The van der Waals surface area contributed by atoms with Crippen LogP contribution in [0.2, 0.25) is 0 Å². The summed E-state index contributed by atoms with van der Waals surface area (Å²) in [7, 11) is 0. The van der Waals surface area contributed by atoms with Crippen LogP contribution in [-0.4, -0.2) is 37.1 Å². The molecule has 0 aromatic carbocycles. The van der Waals surface area contributed by atoms with E-state index in [4.69, 9.17) is 0 Å². The Kier molecular flexibility index (Phi) is 6.37. The number of rotatable bonds is 9. The third-order valence-corrected chi connectivity index (χ3v) is 3.65. The fourth-order valence-corrected chi connectivity index (χ4v) is 1.96. The lowest BCUT2D eigenvalue weighted by Crippen LogP contribution is -2.39. The molecule has 1 fully saturated rings. The van der Waals surface area contributed by atoms with E-state index in [1.165, 1.54) is 38.9 Å². The molecule has 96 valence electrons. The van der Waals surface area contributed by atoms with Gasteiger partial charge in [0.1, 0.15) is 0 Å². The van der Waals surface area contributed by atoms with Gasteiger partial charge in [0, 0.05) is 25.7 Å². The van der Waals surface area contributed by atoms with E-state index in [2.05, 4.69) is 37.9 Å². The van der Waals surface area contributed by atoms with Crippen molar-refractivity contribution in [2.24, 2.45) is 11.8 Å². The maximum Gasteiger partial charge on any atom is 0.0107 e. The summed E-state index contributed by atoms with van der Waals surface area (Å²) in [4.78, 5) is 2.64. The van der Waals surface area contributed by atoms with E-state index in [0.717, 1.165) is 18.4 Å². The van der Waals surface area contributed by atoms with Crippen molar-refractivity contribution < 1.29 is 0 Å². The minimum absolute atomic E-state index is 0.643. The van der Waals surface area contributed by atoms with Crippen LogP contribution in [-0.2, 0) is 0 Å². The molecule has 1 atom stereocenters. The first-order valence-corrected chi connectivity index (χ1v) is 7.09. The largest absolute Gasteiger partial charge is 0.313 e. The van der Waals surface area contributed by atoms with Gasteiger partial charge in [0.05, 0.1) is 0 Å². The molecule has 2 nitrogen and oxygen atoms in total. The zero-order valence-electron chi connectivity index (χ0n) is 11.6. The second kappa shape index (κ2) is 7.29. The third-order valence-electron chi connectivity index (χ3n) is 3.65. The number of nitrogens with zero attached hydrogens (tertiary/aromatic N) is 1. The van der Waals surface area contributed by atoms with E-state index >= 15 is 0 Å². The van der Waals surface area contributed by atoms with Gasteiger partial charge in [-0.05, 0) is 44.6 Å². The molecule has 1 rings (SSSR count). The van der Waals surface area contributed by atoms with Crippen molar-refractivity contribution in [3.63, 3.8) is 0 Å². The van der Waals surface area contributed by atoms with Gasteiger partial charge in [0.15, 0.2) is 0 Å². The molecule has 1 saturated carbocycles. The van der Waals surface area contributed by atoms with Gasteiger partial charge in [0.25, 0.3) is 0 Å². The Bertz CT molecular complexity index is 176.